The second-order valence-corrected chi connectivity index (χ2v) is 4.39. The summed E-state index contributed by atoms with van der Waals surface area (Å²) in [7, 11) is 0. The van der Waals surface area contributed by atoms with Crippen molar-refractivity contribution in [3.05, 3.63) is 27.4 Å². The summed E-state index contributed by atoms with van der Waals surface area (Å²) in [6, 6.07) is 0. The van der Waals surface area contributed by atoms with Crippen LogP contribution in [0.15, 0.2) is 4.79 Å². The molecular weight excluding hydrogens is 188 g/mol. The van der Waals surface area contributed by atoms with E-state index in [-0.39, 0.29) is 5.56 Å². The molecule has 1 aromatic heterocycles. The molecule has 0 bridgehead atoms. The molecule has 0 aromatic carbocycles. The summed E-state index contributed by atoms with van der Waals surface area (Å²) in [4.78, 5) is 19.3. The third-order valence-corrected chi connectivity index (χ3v) is 3.29. The first-order valence-electron chi connectivity index (χ1n) is 5.84. The lowest BCUT2D eigenvalue weighted by atomic mass is 9.96. The number of rotatable bonds is 2. The molecular formula is C12H18N2O. The van der Waals surface area contributed by atoms with E-state index < -0.39 is 0 Å². The topological polar surface area (TPSA) is 45.8 Å². The number of nitrogens with zero attached hydrogens (tertiary/aromatic N) is 1. The van der Waals surface area contributed by atoms with E-state index in [0.717, 1.165) is 42.8 Å². The predicted molar refractivity (Wildman–Crippen MR) is 60.2 cm³/mol. The number of hydrogen-bond donors (Lipinski definition) is 1. The molecule has 0 fully saturated rings. The average molecular weight is 206 g/mol. The van der Waals surface area contributed by atoms with Crippen LogP contribution in [0.5, 0.6) is 0 Å². The minimum Gasteiger partial charge on any atom is -0.310 e. The van der Waals surface area contributed by atoms with E-state index in [4.69, 9.17) is 0 Å². The van der Waals surface area contributed by atoms with Gasteiger partial charge in [0.05, 0.1) is 5.69 Å². The van der Waals surface area contributed by atoms with Crippen molar-refractivity contribution in [1.82, 2.24) is 9.97 Å². The molecule has 0 amide bonds. The molecule has 82 valence electrons. The Morgan fingerprint density at radius 3 is 2.87 bits per heavy atom. The smallest absolute Gasteiger partial charge is 0.254 e. The SMILES string of the molecule is CCC(C)c1nc2c(c(=O)[nH]1)CCCC2. The number of aromatic amines is 1. The van der Waals surface area contributed by atoms with Gasteiger partial charge in [0.25, 0.3) is 5.56 Å². The van der Waals surface area contributed by atoms with Crippen molar-refractivity contribution in [1.29, 1.82) is 0 Å². The van der Waals surface area contributed by atoms with Crippen molar-refractivity contribution in [3.63, 3.8) is 0 Å². The van der Waals surface area contributed by atoms with E-state index in [0.29, 0.717) is 5.92 Å². The second kappa shape index (κ2) is 4.17. The highest BCUT2D eigenvalue weighted by Gasteiger charge is 2.16. The fraction of sp³-hybridized carbons (Fsp3) is 0.667. The van der Waals surface area contributed by atoms with Crippen LogP contribution in [0.2, 0.25) is 0 Å². The lowest BCUT2D eigenvalue weighted by molar-refractivity contribution is 0.617. The van der Waals surface area contributed by atoms with Crippen LogP contribution < -0.4 is 5.56 Å². The van der Waals surface area contributed by atoms with Gasteiger partial charge in [-0.2, -0.15) is 0 Å². The first kappa shape index (κ1) is 10.4. The van der Waals surface area contributed by atoms with E-state index in [1.165, 1.54) is 6.42 Å². The first-order valence-corrected chi connectivity index (χ1v) is 5.84. The fourth-order valence-corrected chi connectivity index (χ4v) is 2.05. The lowest BCUT2D eigenvalue weighted by Gasteiger charge is -2.16. The van der Waals surface area contributed by atoms with Crippen molar-refractivity contribution in [2.45, 2.75) is 51.9 Å². The van der Waals surface area contributed by atoms with Crippen LogP contribution in [0.25, 0.3) is 0 Å². The van der Waals surface area contributed by atoms with Gasteiger partial charge in [-0.15, -0.1) is 0 Å². The third-order valence-electron chi connectivity index (χ3n) is 3.29. The predicted octanol–water partition coefficient (Wildman–Crippen LogP) is 2.16. The molecule has 2 rings (SSSR count). The standard InChI is InChI=1S/C12H18N2O/c1-3-8(2)11-13-10-7-5-4-6-9(10)12(15)14-11/h8H,3-7H2,1-2H3,(H,13,14,15). The summed E-state index contributed by atoms with van der Waals surface area (Å²) < 4.78 is 0. The summed E-state index contributed by atoms with van der Waals surface area (Å²) in [6.45, 7) is 4.22. The van der Waals surface area contributed by atoms with Gasteiger partial charge in [-0.05, 0) is 32.1 Å². The minimum absolute atomic E-state index is 0.0926. The molecule has 0 radical (unpaired) electrons. The molecule has 3 nitrogen and oxygen atoms in total. The zero-order valence-electron chi connectivity index (χ0n) is 9.47. The number of hydrogen-bond acceptors (Lipinski definition) is 2. The maximum absolute atomic E-state index is 11.8. The van der Waals surface area contributed by atoms with Crippen molar-refractivity contribution in [2.24, 2.45) is 0 Å². The molecule has 0 spiro atoms. The Labute approximate surface area is 89.9 Å². The maximum Gasteiger partial charge on any atom is 0.254 e. The molecule has 0 saturated heterocycles. The van der Waals surface area contributed by atoms with E-state index in [9.17, 15) is 4.79 Å². The molecule has 3 heteroatoms. The van der Waals surface area contributed by atoms with Gasteiger partial charge < -0.3 is 4.98 Å². The number of H-pyrrole nitrogens is 1. The minimum atomic E-state index is 0.0926. The highest BCUT2D eigenvalue weighted by molar-refractivity contribution is 5.21. The summed E-state index contributed by atoms with van der Waals surface area (Å²) in [5.41, 5.74) is 2.06. The molecule has 1 heterocycles. The third kappa shape index (κ3) is 1.96. The van der Waals surface area contributed by atoms with Crippen LogP contribution in [-0.2, 0) is 12.8 Å². The van der Waals surface area contributed by atoms with Gasteiger partial charge in [0.15, 0.2) is 0 Å². The monoisotopic (exact) mass is 206 g/mol. The maximum atomic E-state index is 11.8. The van der Waals surface area contributed by atoms with Gasteiger partial charge in [0, 0.05) is 11.5 Å². The molecule has 1 atom stereocenters. The average Bonchev–Trinajstić information content (AvgIpc) is 2.28. The van der Waals surface area contributed by atoms with E-state index in [1.807, 2.05) is 0 Å². The van der Waals surface area contributed by atoms with E-state index in [2.05, 4.69) is 23.8 Å². The van der Waals surface area contributed by atoms with Gasteiger partial charge in [-0.1, -0.05) is 13.8 Å². The Morgan fingerprint density at radius 2 is 2.13 bits per heavy atom. The summed E-state index contributed by atoms with van der Waals surface area (Å²) in [5.74, 6) is 1.22. The lowest BCUT2D eigenvalue weighted by Crippen LogP contribution is -2.23. The van der Waals surface area contributed by atoms with Gasteiger partial charge in [-0.3, -0.25) is 4.79 Å². The molecule has 1 unspecified atom stereocenters. The Hall–Kier alpha value is -1.12. The molecule has 1 aromatic rings. The van der Waals surface area contributed by atoms with Crippen molar-refractivity contribution < 1.29 is 0 Å². The summed E-state index contributed by atoms with van der Waals surface area (Å²) in [5, 5.41) is 0. The van der Waals surface area contributed by atoms with Crippen LogP contribution in [-0.4, -0.2) is 9.97 Å². The van der Waals surface area contributed by atoms with Gasteiger partial charge in [-0.25, -0.2) is 4.98 Å². The van der Waals surface area contributed by atoms with E-state index in [1.54, 1.807) is 0 Å². The van der Waals surface area contributed by atoms with Gasteiger partial charge in [0.2, 0.25) is 0 Å². The number of aryl methyl sites for hydroxylation is 1. The van der Waals surface area contributed by atoms with Gasteiger partial charge >= 0.3 is 0 Å². The molecule has 0 saturated carbocycles. The van der Waals surface area contributed by atoms with Crippen LogP contribution >= 0.6 is 0 Å². The van der Waals surface area contributed by atoms with Crippen LogP contribution in [0.3, 0.4) is 0 Å². The normalized spacial score (nSPS) is 17.2. The highest BCUT2D eigenvalue weighted by atomic mass is 16.1. The molecule has 1 aliphatic rings. The number of nitrogens with one attached hydrogen (secondary N) is 1. The quantitative estimate of drug-likeness (QED) is 0.806. The molecule has 1 aliphatic carbocycles. The Balaban J connectivity index is 2.45. The fourth-order valence-electron chi connectivity index (χ4n) is 2.05. The Kier molecular flexibility index (Phi) is 2.89. The zero-order chi connectivity index (χ0) is 10.8. The second-order valence-electron chi connectivity index (χ2n) is 4.39. The van der Waals surface area contributed by atoms with Crippen LogP contribution in [0, 0.1) is 0 Å². The zero-order valence-corrected chi connectivity index (χ0v) is 9.47. The van der Waals surface area contributed by atoms with Crippen LogP contribution in [0.4, 0.5) is 0 Å². The molecule has 1 N–H and O–H groups in total. The Morgan fingerprint density at radius 1 is 1.40 bits per heavy atom. The largest absolute Gasteiger partial charge is 0.310 e. The highest BCUT2D eigenvalue weighted by Crippen LogP contribution is 2.19. The Bertz CT molecular complexity index is 409. The summed E-state index contributed by atoms with van der Waals surface area (Å²) >= 11 is 0. The van der Waals surface area contributed by atoms with E-state index >= 15 is 0 Å². The summed E-state index contributed by atoms with van der Waals surface area (Å²) in [6.07, 6.45) is 5.19. The van der Waals surface area contributed by atoms with Crippen molar-refractivity contribution in [3.8, 4) is 0 Å². The van der Waals surface area contributed by atoms with Gasteiger partial charge in [0.1, 0.15) is 5.82 Å². The number of fused-ring (bicyclic) bond motifs is 1. The van der Waals surface area contributed by atoms with Crippen molar-refractivity contribution >= 4 is 0 Å². The first-order chi connectivity index (χ1) is 7.22. The molecule has 15 heavy (non-hydrogen) atoms. The van der Waals surface area contributed by atoms with Crippen LogP contribution in [0.1, 0.15) is 56.1 Å². The number of aromatic nitrogens is 2. The van der Waals surface area contributed by atoms with Crippen molar-refractivity contribution in [2.75, 3.05) is 0 Å². The molecule has 0 aliphatic heterocycles.